The van der Waals surface area contributed by atoms with Crippen molar-refractivity contribution in [3.05, 3.63) is 10.6 Å². The Balaban J connectivity index is 2.17. The summed E-state index contributed by atoms with van der Waals surface area (Å²) in [6.07, 6.45) is -1.00. The summed E-state index contributed by atoms with van der Waals surface area (Å²) in [5, 5.41) is 10.2. The summed E-state index contributed by atoms with van der Waals surface area (Å²) in [4.78, 5) is 6.70. The third kappa shape index (κ3) is 2.74. The van der Waals surface area contributed by atoms with Crippen molar-refractivity contribution in [2.24, 2.45) is 0 Å². The van der Waals surface area contributed by atoms with Crippen molar-refractivity contribution in [3.8, 4) is 0 Å². The minimum absolute atomic E-state index is 0.292. The molecule has 3 nitrogen and oxygen atoms in total. The van der Waals surface area contributed by atoms with Crippen molar-refractivity contribution in [2.45, 2.75) is 38.7 Å². The predicted molar refractivity (Wildman–Crippen MR) is 63.9 cm³/mol. The molecule has 1 N–H and O–H groups in total. The van der Waals surface area contributed by atoms with Crippen molar-refractivity contribution >= 4 is 16.5 Å². The first-order chi connectivity index (χ1) is 8.09. The molecule has 0 aromatic carbocycles. The smallest absolute Gasteiger partial charge is 0.269 e. The molecule has 0 radical (unpaired) electrons. The quantitative estimate of drug-likeness (QED) is 0.910. The van der Waals surface area contributed by atoms with Crippen LogP contribution >= 0.6 is 11.3 Å². The number of nitrogens with zero attached hydrogens (tertiary/aromatic N) is 2. The van der Waals surface area contributed by atoms with Gasteiger partial charge in [-0.3, -0.25) is 0 Å². The summed E-state index contributed by atoms with van der Waals surface area (Å²) in [6.45, 7) is 3.53. The van der Waals surface area contributed by atoms with Gasteiger partial charge in [0.2, 0.25) is 0 Å². The lowest BCUT2D eigenvalue weighted by Gasteiger charge is -2.25. The van der Waals surface area contributed by atoms with Crippen LogP contribution < -0.4 is 4.90 Å². The standard InChI is InChI=1S/C11H16F2N2OS/c1-7-9(8(16)10(12)13)17-11(14-7)15-5-3-2-4-6-15/h8,10,16H,2-6H2,1H3. The predicted octanol–water partition coefficient (Wildman–Crippen LogP) is 2.74. The number of anilines is 1. The summed E-state index contributed by atoms with van der Waals surface area (Å²) < 4.78 is 24.9. The fourth-order valence-electron chi connectivity index (χ4n) is 2.00. The van der Waals surface area contributed by atoms with Crippen molar-refractivity contribution in [3.63, 3.8) is 0 Å². The molecular weight excluding hydrogens is 246 g/mol. The first-order valence-electron chi connectivity index (χ1n) is 5.78. The third-order valence-electron chi connectivity index (χ3n) is 2.96. The number of aliphatic hydroxyl groups excluding tert-OH is 1. The van der Waals surface area contributed by atoms with Gasteiger partial charge in [0.1, 0.15) is 0 Å². The molecule has 1 atom stereocenters. The van der Waals surface area contributed by atoms with E-state index in [0.717, 1.165) is 31.1 Å². The highest BCUT2D eigenvalue weighted by molar-refractivity contribution is 7.15. The van der Waals surface area contributed by atoms with Gasteiger partial charge in [0.05, 0.1) is 10.6 Å². The first-order valence-corrected chi connectivity index (χ1v) is 6.59. The largest absolute Gasteiger partial charge is 0.381 e. The highest BCUT2D eigenvalue weighted by Gasteiger charge is 2.26. The molecule has 1 aliphatic rings. The average molecular weight is 262 g/mol. The number of hydrogen-bond donors (Lipinski definition) is 1. The van der Waals surface area contributed by atoms with Crippen LogP contribution in [-0.4, -0.2) is 29.6 Å². The van der Waals surface area contributed by atoms with Gasteiger partial charge in [0.15, 0.2) is 11.2 Å². The Morgan fingerprint density at radius 1 is 1.29 bits per heavy atom. The molecule has 0 saturated carbocycles. The highest BCUT2D eigenvalue weighted by Crippen LogP contribution is 2.34. The maximum atomic E-state index is 12.5. The topological polar surface area (TPSA) is 36.4 Å². The summed E-state index contributed by atoms with van der Waals surface area (Å²) in [6, 6.07) is 0. The van der Waals surface area contributed by atoms with Gasteiger partial charge in [-0.1, -0.05) is 11.3 Å². The molecule has 0 spiro atoms. The summed E-state index contributed by atoms with van der Waals surface area (Å²) in [5.74, 6) is 0. The number of piperidine rings is 1. The van der Waals surface area contributed by atoms with Crippen LogP contribution in [0.2, 0.25) is 0 Å². The second kappa shape index (κ2) is 5.27. The van der Waals surface area contributed by atoms with Crippen molar-refractivity contribution < 1.29 is 13.9 Å². The molecular formula is C11H16F2N2OS. The average Bonchev–Trinajstić information content (AvgIpc) is 2.71. The minimum atomic E-state index is -2.75. The van der Waals surface area contributed by atoms with Gasteiger partial charge in [0.25, 0.3) is 6.43 Å². The second-order valence-corrected chi connectivity index (χ2v) is 5.28. The van der Waals surface area contributed by atoms with Crippen LogP contribution in [0.1, 0.15) is 35.9 Å². The van der Waals surface area contributed by atoms with Crippen LogP contribution in [-0.2, 0) is 0 Å². The lowest BCUT2D eigenvalue weighted by molar-refractivity contribution is -0.00415. The van der Waals surface area contributed by atoms with Crippen LogP contribution in [0.3, 0.4) is 0 Å². The van der Waals surface area contributed by atoms with E-state index in [2.05, 4.69) is 9.88 Å². The van der Waals surface area contributed by atoms with E-state index < -0.39 is 12.5 Å². The number of alkyl halides is 2. The van der Waals surface area contributed by atoms with E-state index in [1.54, 1.807) is 6.92 Å². The number of hydrogen-bond acceptors (Lipinski definition) is 4. The van der Waals surface area contributed by atoms with Crippen LogP contribution in [0, 0.1) is 6.92 Å². The van der Waals surface area contributed by atoms with Crippen molar-refractivity contribution in [1.29, 1.82) is 0 Å². The van der Waals surface area contributed by atoms with E-state index in [0.29, 0.717) is 10.6 Å². The maximum absolute atomic E-state index is 12.5. The highest BCUT2D eigenvalue weighted by atomic mass is 32.1. The summed E-state index contributed by atoms with van der Waals surface area (Å²) >= 11 is 1.19. The lowest BCUT2D eigenvalue weighted by atomic mass is 10.1. The number of thiazole rings is 1. The summed E-state index contributed by atoms with van der Waals surface area (Å²) in [7, 11) is 0. The monoisotopic (exact) mass is 262 g/mol. The normalized spacial score (nSPS) is 18.8. The molecule has 0 bridgehead atoms. The van der Waals surface area contributed by atoms with E-state index in [1.165, 1.54) is 17.8 Å². The molecule has 1 aromatic heterocycles. The van der Waals surface area contributed by atoms with E-state index in [4.69, 9.17) is 0 Å². The second-order valence-electron chi connectivity index (χ2n) is 4.27. The van der Waals surface area contributed by atoms with Gasteiger partial charge in [-0.05, 0) is 26.2 Å². The Labute approximate surface area is 103 Å². The Morgan fingerprint density at radius 2 is 1.94 bits per heavy atom. The van der Waals surface area contributed by atoms with Gasteiger partial charge in [-0.2, -0.15) is 0 Å². The number of aliphatic hydroxyl groups is 1. The molecule has 2 rings (SSSR count). The number of rotatable bonds is 3. The fourth-order valence-corrected chi connectivity index (χ4v) is 3.11. The molecule has 6 heteroatoms. The number of aromatic nitrogens is 1. The first kappa shape index (κ1) is 12.7. The van der Waals surface area contributed by atoms with Gasteiger partial charge in [-0.25, -0.2) is 13.8 Å². The number of aryl methyl sites for hydroxylation is 1. The SMILES string of the molecule is Cc1nc(N2CCCCC2)sc1C(O)C(F)F. The van der Waals surface area contributed by atoms with Gasteiger partial charge >= 0.3 is 0 Å². The Kier molecular flexibility index (Phi) is 3.93. The molecule has 1 aromatic rings. The zero-order valence-corrected chi connectivity index (χ0v) is 10.5. The molecule has 1 fully saturated rings. The van der Waals surface area contributed by atoms with Gasteiger partial charge < -0.3 is 10.0 Å². The van der Waals surface area contributed by atoms with E-state index >= 15 is 0 Å². The minimum Gasteiger partial charge on any atom is -0.381 e. The zero-order chi connectivity index (χ0) is 12.4. The molecule has 1 saturated heterocycles. The molecule has 1 aliphatic heterocycles. The molecule has 1 unspecified atom stereocenters. The molecule has 0 amide bonds. The van der Waals surface area contributed by atoms with E-state index in [1.807, 2.05) is 0 Å². The Bertz CT molecular complexity index is 378. The Morgan fingerprint density at radius 3 is 2.53 bits per heavy atom. The molecule has 17 heavy (non-hydrogen) atoms. The van der Waals surface area contributed by atoms with E-state index in [-0.39, 0.29) is 0 Å². The molecule has 2 heterocycles. The van der Waals surface area contributed by atoms with E-state index in [9.17, 15) is 13.9 Å². The van der Waals surface area contributed by atoms with Crippen LogP contribution in [0.5, 0.6) is 0 Å². The van der Waals surface area contributed by atoms with Crippen molar-refractivity contribution in [1.82, 2.24) is 4.98 Å². The molecule has 96 valence electrons. The maximum Gasteiger partial charge on any atom is 0.269 e. The third-order valence-corrected chi connectivity index (χ3v) is 4.24. The zero-order valence-electron chi connectivity index (χ0n) is 9.70. The van der Waals surface area contributed by atoms with Crippen molar-refractivity contribution in [2.75, 3.05) is 18.0 Å². The van der Waals surface area contributed by atoms with Crippen LogP contribution in [0.25, 0.3) is 0 Å². The van der Waals surface area contributed by atoms with Crippen LogP contribution in [0.15, 0.2) is 0 Å². The van der Waals surface area contributed by atoms with Gasteiger partial charge in [-0.15, -0.1) is 0 Å². The molecule has 0 aliphatic carbocycles. The summed E-state index contributed by atoms with van der Waals surface area (Å²) in [5.41, 5.74) is 0.517. The van der Waals surface area contributed by atoms with Crippen LogP contribution in [0.4, 0.5) is 13.9 Å². The fraction of sp³-hybridized carbons (Fsp3) is 0.727. The number of halogens is 2. The Hall–Kier alpha value is -0.750. The lowest BCUT2D eigenvalue weighted by Crippen LogP contribution is -2.29. The van der Waals surface area contributed by atoms with Gasteiger partial charge in [0, 0.05) is 13.1 Å².